The van der Waals surface area contributed by atoms with Gasteiger partial charge in [-0.1, -0.05) is 23.5 Å². The number of carbonyl (C=O) groups is 1. The third-order valence-electron chi connectivity index (χ3n) is 3.14. The molecule has 0 aliphatic rings. The largest absolute Gasteiger partial charge is 0.318 e. The summed E-state index contributed by atoms with van der Waals surface area (Å²) < 4.78 is 3.08. The Morgan fingerprint density at radius 3 is 2.81 bits per heavy atom. The highest BCUT2D eigenvalue weighted by molar-refractivity contribution is 7.16. The van der Waals surface area contributed by atoms with Crippen LogP contribution in [0.3, 0.4) is 0 Å². The van der Waals surface area contributed by atoms with Crippen LogP contribution in [0.15, 0.2) is 47.7 Å². The molecule has 21 heavy (non-hydrogen) atoms. The number of nitrogens with zero attached hydrogens (tertiary/aromatic N) is 3. The molecule has 2 aromatic heterocycles. The van der Waals surface area contributed by atoms with E-state index >= 15 is 0 Å². The Kier molecular flexibility index (Phi) is 3.53. The number of aryl methyl sites for hydroxylation is 2. The summed E-state index contributed by atoms with van der Waals surface area (Å²) in [5.41, 5.74) is 5.03. The van der Waals surface area contributed by atoms with Crippen molar-refractivity contribution in [3.8, 4) is 0 Å². The molecular formula is C15H14N4OS. The van der Waals surface area contributed by atoms with Gasteiger partial charge in [0.05, 0.1) is 15.8 Å². The van der Waals surface area contributed by atoms with Gasteiger partial charge < -0.3 is 4.57 Å². The summed E-state index contributed by atoms with van der Waals surface area (Å²) in [6.07, 6.45) is 1.55. The number of benzene rings is 1. The molecule has 106 valence electrons. The van der Waals surface area contributed by atoms with Gasteiger partial charge in [0.25, 0.3) is 5.91 Å². The Bertz CT molecular complexity index is 861. The zero-order valence-electron chi connectivity index (χ0n) is 11.7. The molecule has 0 aliphatic heterocycles. The monoisotopic (exact) mass is 298 g/mol. The third kappa shape index (κ3) is 2.71. The number of pyridine rings is 1. The van der Waals surface area contributed by atoms with Crippen LogP contribution in [0.5, 0.6) is 0 Å². The minimum absolute atomic E-state index is 0.264. The lowest BCUT2D eigenvalue weighted by Crippen LogP contribution is -2.23. The Hall–Kier alpha value is -2.47. The fourth-order valence-corrected chi connectivity index (χ4v) is 2.93. The summed E-state index contributed by atoms with van der Waals surface area (Å²) in [5, 5.41) is 4.20. The SMILES string of the molecule is Cc1ccc(C(=O)N/N=c2\sc3ccccc3n2C)cn1. The Morgan fingerprint density at radius 2 is 2.10 bits per heavy atom. The molecule has 3 rings (SSSR count). The number of para-hydroxylation sites is 1. The molecule has 1 amide bonds. The number of aromatic nitrogens is 2. The van der Waals surface area contributed by atoms with E-state index in [1.165, 1.54) is 11.3 Å². The lowest BCUT2D eigenvalue weighted by molar-refractivity contribution is 0.0952. The van der Waals surface area contributed by atoms with Crippen LogP contribution in [0, 0.1) is 6.92 Å². The number of rotatable bonds is 2. The summed E-state index contributed by atoms with van der Waals surface area (Å²) in [5.74, 6) is -0.264. The van der Waals surface area contributed by atoms with E-state index in [4.69, 9.17) is 0 Å². The minimum atomic E-state index is -0.264. The second kappa shape index (κ2) is 5.49. The van der Waals surface area contributed by atoms with Crippen molar-refractivity contribution in [3.05, 3.63) is 58.7 Å². The van der Waals surface area contributed by atoms with Crippen LogP contribution in [0.2, 0.25) is 0 Å². The molecule has 2 heterocycles. The Balaban J connectivity index is 1.89. The van der Waals surface area contributed by atoms with E-state index in [-0.39, 0.29) is 5.91 Å². The first-order chi connectivity index (χ1) is 10.1. The van der Waals surface area contributed by atoms with E-state index in [1.807, 2.05) is 42.8 Å². The molecule has 1 aromatic carbocycles. The van der Waals surface area contributed by atoms with Crippen LogP contribution in [-0.4, -0.2) is 15.5 Å². The molecule has 0 unspecified atom stereocenters. The third-order valence-corrected chi connectivity index (χ3v) is 4.25. The van der Waals surface area contributed by atoms with E-state index in [9.17, 15) is 4.79 Å². The predicted octanol–water partition coefficient (Wildman–Crippen LogP) is 2.19. The minimum Gasteiger partial charge on any atom is -0.318 e. The van der Waals surface area contributed by atoms with Crippen molar-refractivity contribution in [2.75, 3.05) is 0 Å². The highest BCUT2D eigenvalue weighted by atomic mass is 32.1. The molecule has 3 aromatic rings. The number of amides is 1. The van der Waals surface area contributed by atoms with Gasteiger partial charge in [0.15, 0.2) is 0 Å². The van der Waals surface area contributed by atoms with Gasteiger partial charge in [0.2, 0.25) is 4.80 Å². The molecule has 0 radical (unpaired) electrons. The summed E-state index contributed by atoms with van der Waals surface area (Å²) >= 11 is 1.53. The summed E-state index contributed by atoms with van der Waals surface area (Å²) in [6, 6.07) is 11.6. The van der Waals surface area contributed by atoms with Crippen LogP contribution in [0.25, 0.3) is 10.2 Å². The molecule has 5 nitrogen and oxygen atoms in total. The average Bonchev–Trinajstić information content (AvgIpc) is 2.82. The average molecular weight is 298 g/mol. The number of nitrogens with one attached hydrogen (secondary N) is 1. The number of fused-ring (bicyclic) bond motifs is 1. The maximum Gasteiger partial charge on any atom is 0.273 e. The van der Waals surface area contributed by atoms with Crippen LogP contribution < -0.4 is 10.2 Å². The van der Waals surface area contributed by atoms with Crippen LogP contribution in [0.4, 0.5) is 0 Å². The van der Waals surface area contributed by atoms with Crippen molar-refractivity contribution in [1.29, 1.82) is 0 Å². The standard InChI is InChI=1S/C15H14N4OS/c1-10-7-8-11(9-16-10)14(20)17-18-15-19(2)12-5-3-4-6-13(12)21-15/h3-9H,1-2H3,(H,17,20)/b18-15-. The van der Waals surface area contributed by atoms with Gasteiger partial charge in [-0.2, -0.15) is 0 Å². The molecule has 0 aliphatic carbocycles. The van der Waals surface area contributed by atoms with E-state index < -0.39 is 0 Å². The van der Waals surface area contributed by atoms with Crippen molar-refractivity contribution in [2.24, 2.45) is 12.1 Å². The zero-order valence-corrected chi connectivity index (χ0v) is 12.5. The van der Waals surface area contributed by atoms with E-state index in [1.54, 1.807) is 18.3 Å². The van der Waals surface area contributed by atoms with Gasteiger partial charge in [0.1, 0.15) is 0 Å². The molecule has 0 fully saturated rings. The van der Waals surface area contributed by atoms with Crippen molar-refractivity contribution in [2.45, 2.75) is 6.92 Å². The number of hydrogen-bond donors (Lipinski definition) is 1. The summed E-state index contributed by atoms with van der Waals surface area (Å²) in [7, 11) is 1.93. The fourth-order valence-electron chi connectivity index (χ4n) is 1.95. The number of thiazole rings is 1. The number of hydrogen-bond acceptors (Lipinski definition) is 4. The van der Waals surface area contributed by atoms with Crippen molar-refractivity contribution < 1.29 is 4.79 Å². The molecule has 0 spiro atoms. The first kappa shape index (κ1) is 13.5. The smallest absolute Gasteiger partial charge is 0.273 e. The molecular weight excluding hydrogens is 284 g/mol. The first-order valence-electron chi connectivity index (χ1n) is 6.46. The first-order valence-corrected chi connectivity index (χ1v) is 7.28. The quantitative estimate of drug-likeness (QED) is 0.737. The van der Waals surface area contributed by atoms with Crippen molar-refractivity contribution in [3.63, 3.8) is 0 Å². The molecule has 1 N–H and O–H groups in total. The maximum absolute atomic E-state index is 12.0. The van der Waals surface area contributed by atoms with Gasteiger partial charge in [-0.15, -0.1) is 5.10 Å². The van der Waals surface area contributed by atoms with Gasteiger partial charge in [-0.05, 0) is 31.2 Å². The predicted molar refractivity (Wildman–Crippen MR) is 82.8 cm³/mol. The topological polar surface area (TPSA) is 59.3 Å². The van der Waals surface area contributed by atoms with Crippen LogP contribution >= 0.6 is 11.3 Å². The number of carbonyl (C=O) groups excluding carboxylic acids is 1. The van der Waals surface area contributed by atoms with Gasteiger partial charge in [-0.25, -0.2) is 5.43 Å². The Morgan fingerprint density at radius 1 is 1.29 bits per heavy atom. The van der Waals surface area contributed by atoms with Crippen LogP contribution in [-0.2, 0) is 7.05 Å². The van der Waals surface area contributed by atoms with Gasteiger partial charge in [0, 0.05) is 18.9 Å². The van der Waals surface area contributed by atoms with Crippen molar-refractivity contribution in [1.82, 2.24) is 15.0 Å². The van der Waals surface area contributed by atoms with Gasteiger partial charge in [-0.3, -0.25) is 9.78 Å². The second-order valence-corrected chi connectivity index (χ2v) is 5.66. The fraction of sp³-hybridized carbons (Fsp3) is 0.133. The summed E-state index contributed by atoms with van der Waals surface area (Å²) in [6.45, 7) is 1.88. The summed E-state index contributed by atoms with van der Waals surface area (Å²) in [4.78, 5) is 16.8. The maximum atomic E-state index is 12.0. The molecule has 0 saturated carbocycles. The lowest BCUT2D eigenvalue weighted by Gasteiger charge is -1.99. The molecule has 6 heteroatoms. The second-order valence-electron chi connectivity index (χ2n) is 4.65. The highest BCUT2D eigenvalue weighted by Crippen LogP contribution is 2.14. The molecule has 0 saturated heterocycles. The lowest BCUT2D eigenvalue weighted by atomic mass is 10.2. The van der Waals surface area contributed by atoms with Crippen LogP contribution in [0.1, 0.15) is 16.1 Å². The van der Waals surface area contributed by atoms with E-state index in [2.05, 4.69) is 15.5 Å². The Labute approximate surface area is 125 Å². The molecule has 0 bridgehead atoms. The van der Waals surface area contributed by atoms with E-state index in [0.29, 0.717) is 5.56 Å². The highest BCUT2D eigenvalue weighted by Gasteiger charge is 2.05. The molecule has 0 atom stereocenters. The van der Waals surface area contributed by atoms with Gasteiger partial charge >= 0.3 is 0 Å². The van der Waals surface area contributed by atoms with Crippen molar-refractivity contribution >= 4 is 27.5 Å². The zero-order chi connectivity index (χ0) is 14.8. The normalized spacial score (nSPS) is 11.8. The van der Waals surface area contributed by atoms with E-state index in [0.717, 1.165) is 20.7 Å².